The molecule has 0 aliphatic carbocycles. The van der Waals surface area contributed by atoms with Crippen LogP contribution in [0.5, 0.6) is 0 Å². The second-order valence-electron chi connectivity index (χ2n) is 7.78. The van der Waals surface area contributed by atoms with Gasteiger partial charge in [-0.3, -0.25) is 4.79 Å². The number of methoxy groups -OCH3 is 1. The standard InChI is InChI=1S/C23H23FN2O3/c1-23(2,3)26-18(13-15-5-7-16(8-6-15)22(28)29-4)10-11-19(26)21(27)17-9-12-20(24)25-14-17/h5-12,14H,13H2,1-4H3. The fourth-order valence-corrected chi connectivity index (χ4v) is 3.33. The van der Waals surface area contributed by atoms with E-state index in [2.05, 4.69) is 4.98 Å². The molecule has 0 N–H and O–H groups in total. The molecular formula is C23H23FN2O3. The van der Waals surface area contributed by atoms with E-state index in [1.807, 2.05) is 43.5 Å². The third-order valence-electron chi connectivity index (χ3n) is 4.62. The van der Waals surface area contributed by atoms with Gasteiger partial charge >= 0.3 is 5.97 Å². The zero-order chi connectivity index (χ0) is 21.2. The topological polar surface area (TPSA) is 61.2 Å². The molecule has 29 heavy (non-hydrogen) atoms. The molecule has 6 heteroatoms. The molecular weight excluding hydrogens is 371 g/mol. The largest absolute Gasteiger partial charge is 0.465 e. The summed E-state index contributed by atoms with van der Waals surface area (Å²) in [6.45, 7) is 6.07. The highest BCUT2D eigenvalue weighted by Crippen LogP contribution is 2.26. The second-order valence-corrected chi connectivity index (χ2v) is 7.78. The number of nitrogens with zero attached hydrogens (tertiary/aromatic N) is 2. The highest BCUT2D eigenvalue weighted by molar-refractivity contribution is 6.08. The predicted molar refractivity (Wildman–Crippen MR) is 108 cm³/mol. The number of esters is 1. The number of benzene rings is 1. The Morgan fingerprint density at radius 1 is 1.00 bits per heavy atom. The van der Waals surface area contributed by atoms with Crippen LogP contribution in [0.25, 0.3) is 0 Å². The van der Waals surface area contributed by atoms with E-state index in [1.165, 1.54) is 25.4 Å². The van der Waals surface area contributed by atoms with Crippen LogP contribution in [-0.4, -0.2) is 28.4 Å². The van der Waals surface area contributed by atoms with Crippen molar-refractivity contribution in [3.63, 3.8) is 0 Å². The third-order valence-corrected chi connectivity index (χ3v) is 4.62. The van der Waals surface area contributed by atoms with Crippen LogP contribution in [0.3, 0.4) is 0 Å². The summed E-state index contributed by atoms with van der Waals surface area (Å²) in [6.07, 6.45) is 1.84. The minimum Gasteiger partial charge on any atom is -0.465 e. The van der Waals surface area contributed by atoms with Crippen LogP contribution in [0.2, 0.25) is 0 Å². The van der Waals surface area contributed by atoms with Gasteiger partial charge in [0.2, 0.25) is 11.7 Å². The highest BCUT2D eigenvalue weighted by atomic mass is 19.1. The number of hydrogen-bond acceptors (Lipinski definition) is 4. The summed E-state index contributed by atoms with van der Waals surface area (Å²) in [6, 6.07) is 13.5. The molecule has 0 radical (unpaired) electrons. The Bertz CT molecular complexity index is 1030. The lowest BCUT2D eigenvalue weighted by Crippen LogP contribution is -2.28. The average Bonchev–Trinajstić information content (AvgIpc) is 3.12. The highest BCUT2D eigenvalue weighted by Gasteiger charge is 2.25. The van der Waals surface area contributed by atoms with E-state index in [-0.39, 0.29) is 17.3 Å². The van der Waals surface area contributed by atoms with E-state index in [4.69, 9.17) is 4.74 Å². The molecule has 2 heterocycles. The van der Waals surface area contributed by atoms with Crippen LogP contribution in [0.4, 0.5) is 4.39 Å². The molecule has 0 atom stereocenters. The van der Waals surface area contributed by atoms with Crippen molar-refractivity contribution in [3.8, 4) is 0 Å². The number of halogens is 1. The smallest absolute Gasteiger partial charge is 0.337 e. The SMILES string of the molecule is COC(=O)c1ccc(Cc2ccc(C(=O)c3ccc(F)nc3)n2C(C)(C)C)cc1. The van der Waals surface area contributed by atoms with E-state index in [0.717, 1.165) is 11.3 Å². The quantitative estimate of drug-likeness (QED) is 0.366. The Balaban J connectivity index is 1.95. The molecule has 0 aliphatic rings. The first-order valence-electron chi connectivity index (χ1n) is 9.25. The molecule has 5 nitrogen and oxygen atoms in total. The van der Waals surface area contributed by atoms with E-state index in [0.29, 0.717) is 23.2 Å². The first kappa shape index (κ1) is 20.5. The van der Waals surface area contributed by atoms with E-state index < -0.39 is 5.95 Å². The molecule has 1 aromatic carbocycles. The van der Waals surface area contributed by atoms with Gasteiger partial charge < -0.3 is 9.30 Å². The monoisotopic (exact) mass is 394 g/mol. The molecule has 150 valence electrons. The lowest BCUT2D eigenvalue weighted by molar-refractivity contribution is 0.0600. The lowest BCUT2D eigenvalue weighted by atomic mass is 10.0. The van der Waals surface area contributed by atoms with Crippen molar-refractivity contribution >= 4 is 11.8 Å². The Labute approximate surface area is 169 Å². The van der Waals surface area contributed by atoms with Gasteiger partial charge in [0, 0.05) is 29.4 Å². The number of aromatic nitrogens is 2. The van der Waals surface area contributed by atoms with Crippen LogP contribution in [0.1, 0.15) is 58.4 Å². The molecule has 0 saturated heterocycles. The first-order chi connectivity index (χ1) is 13.7. The first-order valence-corrected chi connectivity index (χ1v) is 9.25. The van der Waals surface area contributed by atoms with Crippen LogP contribution < -0.4 is 0 Å². The van der Waals surface area contributed by atoms with Gasteiger partial charge in [-0.05, 0) is 62.7 Å². The van der Waals surface area contributed by atoms with E-state index in [9.17, 15) is 14.0 Å². The Kier molecular flexibility index (Phi) is 5.64. The van der Waals surface area contributed by atoms with E-state index in [1.54, 1.807) is 18.2 Å². The van der Waals surface area contributed by atoms with E-state index >= 15 is 0 Å². The van der Waals surface area contributed by atoms with Gasteiger partial charge in [-0.15, -0.1) is 0 Å². The van der Waals surface area contributed by atoms with Crippen molar-refractivity contribution in [2.24, 2.45) is 0 Å². The molecule has 0 aliphatic heterocycles. The summed E-state index contributed by atoms with van der Waals surface area (Å²) in [7, 11) is 1.35. The normalized spacial score (nSPS) is 11.3. The van der Waals surface area contributed by atoms with Gasteiger partial charge in [0.1, 0.15) is 0 Å². The van der Waals surface area contributed by atoms with Crippen molar-refractivity contribution in [2.75, 3.05) is 7.11 Å². The number of rotatable bonds is 5. The van der Waals surface area contributed by atoms with Gasteiger partial charge in [-0.25, -0.2) is 9.78 Å². The zero-order valence-corrected chi connectivity index (χ0v) is 16.9. The molecule has 0 amide bonds. The maximum absolute atomic E-state index is 13.1. The molecule has 0 saturated carbocycles. The number of carbonyl (C=O) groups excluding carboxylic acids is 2. The van der Waals surface area contributed by atoms with Crippen LogP contribution >= 0.6 is 0 Å². The van der Waals surface area contributed by atoms with Crippen molar-refractivity contribution in [3.05, 3.63) is 88.8 Å². The molecule has 3 rings (SSSR count). The number of ether oxygens (including phenoxy) is 1. The fourth-order valence-electron chi connectivity index (χ4n) is 3.33. The molecule has 2 aromatic heterocycles. The second kappa shape index (κ2) is 7.99. The van der Waals surface area contributed by atoms with Gasteiger partial charge in [0.15, 0.2) is 0 Å². The third kappa shape index (κ3) is 4.42. The number of carbonyl (C=O) groups is 2. The predicted octanol–water partition coefficient (Wildman–Crippen LogP) is 4.39. The van der Waals surface area contributed by atoms with Gasteiger partial charge in [0.05, 0.1) is 18.4 Å². The van der Waals surface area contributed by atoms with Crippen molar-refractivity contribution in [1.29, 1.82) is 0 Å². The summed E-state index contributed by atoms with van der Waals surface area (Å²) in [5.74, 6) is -1.21. The van der Waals surface area contributed by atoms with Crippen LogP contribution in [0.15, 0.2) is 54.7 Å². The van der Waals surface area contributed by atoms with Gasteiger partial charge in [-0.2, -0.15) is 4.39 Å². The number of ketones is 1. The van der Waals surface area contributed by atoms with Gasteiger partial charge in [0.25, 0.3) is 0 Å². The average molecular weight is 394 g/mol. The van der Waals surface area contributed by atoms with Crippen molar-refractivity contribution in [1.82, 2.24) is 9.55 Å². The van der Waals surface area contributed by atoms with Crippen molar-refractivity contribution < 1.29 is 18.7 Å². The number of pyridine rings is 1. The lowest BCUT2D eigenvalue weighted by Gasteiger charge is -2.27. The van der Waals surface area contributed by atoms with Crippen LogP contribution in [-0.2, 0) is 16.7 Å². The van der Waals surface area contributed by atoms with Crippen LogP contribution in [0, 0.1) is 5.95 Å². The molecule has 3 aromatic rings. The minimum atomic E-state index is -0.621. The van der Waals surface area contributed by atoms with Gasteiger partial charge in [-0.1, -0.05) is 12.1 Å². The summed E-state index contributed by atoms with van der Waals surface area (Å²) in [4.78, 5) is 28.2. The summed E-state index contributed by atoms with van der Waals surface area (Å²) in [5.41, 5.74) is 2.96. The summed E-state index contributed by atoms with van der Waals surface area (Å²) in [5, 5.41) is 0. The Hall–Kier alpha value is -3.28. The fraction of sp³-hybridized carbons (Fsp3) is 0.261. The molecule has 0 bridgehead atoms. The number of hydrogen-bond donors (Lipinski definition) is 0. The maximum Gasteiger partial charge on any atom is 0.337 e. The zero-order valence-electron chi connectivity index (χ0n) is 16.9. The maximum atomic E-state index is 13.1. The minimum absolute atomic E-state index is 0.209. The summed E-state index contributed by atoms with van der Waals surface area (Å²) < 4.78 is 19.8. The Morgan fingerprint density at radius 3 is 2.21 bits per heavy atom. The Morgan fingerprint density at radius 2 is 1.66 bits per heavy atom. The molecule has 0 fully saturated rings. The molecule has 0 unspecified atom stereocenters. The summed E-state index contributed by atoms with van der Waals surface area (Å²) >= 11 is 0. The molecule has 0 spiro atoms. The van der Waals surface area contributed by atoms with Crippen molar-refractivity contribution in [2.45, 2.75) is 32.7 Å².